The van der Waals surface area contributed by atoms with E-state index < -0.39 is 23.6 Å². The lowest BCUT2D eigenvalue weighted by Gasteiger charge is -2.44. The number of aromatic nitrogens is 1. The van der Waals surface area contributed by atoms with Crippen LogP contribution in [0.5, 0.6) is 0 Å². The number of pyridine rings is 1. The van der Waals surface area contributed by atoms with Crippen molar-refractivity contribution in [1.82, 2.24) is 4.57 Å². The number of alkyl halides is 3. The Morgan fingerprint density at radius 2 is 1.55 bits per heavy atom. The number of carbonyl (C=O) groups is 2. The van der Waals surface area contributed by atoms with Gasteiger partial charge in [-0.15, -0.1) is 11.8 Å². The molecule has 7 nitrogen and oxygen atoms in total. The number of anilines is 3. The average Bonchev–Trinajstić information content (AvgIpc) is 3.01. The first kappa shape index (κ1) is 29.6. The van der Waals surface area contributed by atoms with Gasteiger partial charge < -0.3 is 20.1 Å². The van der Waals surface area contributed by atoms with E-state index in [0.717, 1.165) is 29.1 Å². The topological polar surface area (TPSA) is 83.4 Å². The molecule has 0 spiro atoms. The van der Waals surface area contributed by atoms with Gasteiger partial charge in [0.2, 0.25) is 0 Å². The Kier molecular flexibility index (Phi) is 7.98. The Morgan fingerprint density at radius 3 is 2.32 bits per heavy atom. The maximum Gasteiger partial charge on any atom is 0.416 e. The number of nitrogens with one attached hydrogen (secondary N) is 2. The molecule has 2 N–H and O–H groups in total. The van der Waals surface area contributed by atoms with E-state index in [-0.39, 0.29) is 28.5 Å². The van der Waals surface area contributed by atoms with Crippen molar-refractivity contribution in [1.29, 1.82) is 0 Å². The first-order valence-corrected chi connectivity index (χ1v) is 15.3. The van der Waals surface area contributed by atoms with Crippen LogP contribution < -0.4 is 21.1 Å². The standard InChI is InChI=1S/C33H29F3N4O3S/c1-44-29-10-3-2-8-25(29)37-32(43)22-12-13-28(26(16-22)38-31(42)21-6-4-7-24(15-21)33(34,35)36)39-17-20-14-23(19-39)27-9-5-11-30(41)40(27)18-20/h2-13,15-16,20,23H,14,17-19H2,1H3,(H,37,43)(H,38,42). The Morgan fingerprint density at radius 1 is 0.818 bits per heavy atom. The lowest BCUT2D eigenvalue weighted by atomic mass is 9.83. The number of rotatable bonds is 6. The van der Waals surface area contributed by atoms with Crippen molar-refractivity contribution in [3.8, 4) is 0 Å². The van der Waals surface area contributed by atoms with Gasteiger partial charge in [-0.05, 0) is 73.2 Å². The molecule has 1 saturated heterocycles. The molecule has 44 heavy (non-hydrogen) atoms. The molecule has 11 heteroatoms. The lowest BCUT2D eigenvalue weighted by molar-refractivity contribution is -0.137. The summed E-state index contributed by atoms with van der Waals surface area (Å²) in [5, 5.41) is 5.71. The van der Waals surface area contributed by atoms with Crippen LogP contribution >= 0.6 is 11.8 Å². The summed E-state index contributed by atoms with van der Waals surface area (Å²) in [6, 6.07) is 21.9. The Bertz CT molecular complexity index is 1810. The van der Waals surface area contributed by atoms with E-state index in [1.165, 1.54) is 23.9 Å². The summed E-state index contributed by atoms with van der Waals surface area (Å²) in [5.41, 5.74) is 1.72. The minimum atomic E-state index is -4.60. The Labute approximate surface area is 256 Å². The second kappa shape index (κ2) is 11.9. The third-order valence-electron chi connectivity index (χ3n) is 8.13. The third kappa shape index (κ3) is 5.96. The van der Waals surface area contributed by atoms with Gasteiger partial charge in [0.15, 0.2) is 0 Å². The molecule has 2 atom stereocenters. The maximum atomic E-state index is 13.4. The summed E-state index contributed by atoms with van der Waals surface area (Å²) in [4.78, 5) is 42.2. The van der Waals surface area contributed by atoms with Crippen LogP contribution in [0.25, 0.3) is 0 Å². The number of benzene rings is 3. The second-order valence-corrected chi connectivity index (χ2v) is 11.9. The van der Waals surface area contributed by atoms with Crippen LogP contribution in [0.4, 0.5) is 30.2 Å². The number of piperidine rings is 1. The van der Waals surface area contributed by atoms with Crippen LogP contribution in [0.2, 0.25) is 0 Å². The zero-order valence-electron chi connectivity index (χ0n) is 23.7. The number of halogens is 3. The average molecular weight is 619 g/mol. The zero-order valence-corrected chi connectivity index (χ0v) is 24.5. The lowest BCUT2D eigenvalue weighted by Crippen LogP contribution is -2.47. The van der Waals surface area contributed by atoms with Crippen LogP contribution in [-0.4, -0.2) is 35.7 Å². The number of hydrogen-bond donors (Lipinski definition) is 2. The van der Waals surface area contributed by atoms with Crippen molar-refractivity contribution in [3.05, 3.63) is 118 Å². The van der Waals surface area contributed by atoms with Gasteiger partial charge in [0.05, 0.1) is 22.6 Å². The maximum absolute atomic E-state index is 13.4. The highest BCUT2D eigenvalue weighted by molar-refractivity contribution is 7.98. The molecule has 2 bridgehead atoms. The number of fused-ring (bicyclic) bond motifs is 4. The van der Waals surface area contributed by atoms with Crippen LogP contribution in [0, 0.1) is 5.92 Å². The monoisotopic (exact) mass is 618 g/mol. The summed E-state index contributed by atoms with van der Waals surface area (Å²) in [5.74, 6) is -0.859. The van der Waals surface area contributed by atoms with Gasteiger partial charge in [-0.1, -0.05) is 24.3 Å². The fourth-order valence-electron chi connectivity index (χ4n) is 6.12. The van der Waals surface area contributed by atoms with E-state index in [9.17, 15) is 27.6 Å². The molecule has 0 saturated carbocycles. The van der Waals surface area contributed by atoms with Gasteiger partial charge >= 0.3 is 6.18 Å². The molecule has 2 amide bonds. The summed E-state index contributed by atoms with van der Waals surface area (Å²) < 4.78 is 42.0. The predicted octanol–water partition coefficient (Wildman–Crippen LogP) is 6.72. The van der Waals surface area contributed by atoms with Gasteiger partial charge in [-0.2, -0.15) is 13.2 Å². The van der Waals surface area contributed by atoms with Crippen molar-refractivity contribution < 1.29 is 22.8 Å². The minimum absolute atomic E-state index is 0.0295. The third-order valence-corrected chi connectivity index (χ3v) is 8.93. The van der Waals surface area contributed by atoms with Gasteiger partial charge in [0.25, 0.3) is 17.4 Å². The molecule has 1 aromatic heterocycles. The predicted molar refractivity (Wildman–Crippen MR) is 166 cm³/mol. The summed E-state index contributed by atoms with van der Waals surface area (Å²) in [6.45, 7) is 1.75. The number of carbonyl (C=O) groups excluding carboxylic acids is 2. The molecule has 0 aliphatic carbocycles. The van der Waals surface area contributed by atoms with E-state index in [1.807, 2.05) is 35.1 Å². The summed E-state index contributed by atoms with van der Waals surface area (Å²) in [6.07, 6.45) is -1.78. The normalized spacial score (nSPS) is 17.5. The minimum Gasteiger partial charge on any atom is -0.369 e. The van der Waals surface area contributed by atoms with Crippen molar-refractivity contribution in [2.75, 3.05) is 34.9 Å². The van der Waals surface area contributed by atoms with Crippen molar-refractivity contribution >= 4 is 40.6 Å². The molecule has 1 fully saturated rings. The highest BCUT2D eigenvalue weighted by atomic mass is 32.2. The van der Waals surface area contributed by atoms with E-state index in [1.54, 1.807) is 36.4 Å². The fraction of sp³-hybridized carbons (Fsp3) is 0.242. The van der Waals surface area contributed by atoms with Gasteiger partial charge in [0.1, 0.15) is 0 Å². The van der Waals surface area contributed by atoms with E-state index in [0.29, 0.717) is 36.7 Å². The van der Waals surface area contributed by atoms with E-state index >= 15 is 0 Å². The molecular weight excluding hydrogens is 589 g/mol. The van der Waals surface area contributed by atoms with Gasteiger partial charge in [-0.3, -0.25) is 14.4 Å². The van der Waals surface area contributed by atoms with E-state index in [4.69, 9.17) is 0 Å². The fourth-order valence-corrected chi connectivity index (χ4v) is 6.67. The number of amides is 2. The molecule has 226 valence electrons. The molecule has 3 heterocycles. The van der Waals surface area contributed by atoms with Crippen LogP contribution in [0.3, 0.4) is 0 Å². The van der Waals surface area contributed by atoms with E-state index in [2.05, 4.69) is 15.5 Å². The van der Waals surface area contributed by atoms with Gasteiger partial charge in [0, 0.05) is 53.3 Å². The molecule has 2 aliphatic rings. The number of para-hydroxylation sites is 1. The SMILES string of the molecule is CSc1ccccc1NC(=O)c1ccc(N2CC3CC(C2)c2cccc(=O)n2C3)c(NC(=O)c2cccc(C(F)(F)F)c2)c1. The van der Waals surface area contributed by atoms with Gasteiger partial charge in [-0.25, -0.2) is 0 Å². The largest absolute Gasteiger partial charge is 0.416 e. The van der Waals surface area contributed by atoms with Crippen LogP contribution in [-0.2, 0) is 12.7 Å². The first-order valence-electron chi connectivity index (χ1n) is 14.1. The molecule has 2 aliphatic heterocycles. The molecule has 2 unspecified atom stereocenters. The molecule has 3 aromatic carbocycles. The second-order valence-electron chi connectivity index (χ2n) is 11.0. The molecular formula is C33H29F3N4O3S. The zero-order chi connectivity index (χ0) is 31.0. The summed E-state index contributed by atoms with van der Waals surface area (Å²) in [7, 11) is 0. The first-order chi connectivity index (χ1) is 21.1. The molecule has 4 aromatic rings. The number of hydrogen-bond acceptors (Lipinski definition) is 5. The Hall–Kier alpha value is -4.51. The van der Waals surface area contributed by atoms with Crippen LogP contribution in [0.1, 0.15) is 44.3 Å². The Balaban J connectivity index is 1.34. The highest BCUT2D eigenvalue weighted by Crippen LogP contribution is 2.40. The van der Waals surface area contributed by atoms with Crippen LogP contribution in [0.15, 0.2) is 94.6 Å². The number of thioether (sulfide) groups is 1. The highest BCUT2D eigenvalue weighted by Gasteiger charge is 2.36. The molecule has 0 radical (unpaired) electrons. The molecule has 6 rings (SSSR count). The smallest absolute Gasteiger partial charge is 0.369 e. The van der Waals surface area contributed by atoms with Crippen molar-refractivity contribution in [2.24, 2.45) is 5.92 Å². The number of nitrogens with zero attached hydrogens (tertiary/aromatic N) is 2. The van der Waals surface area contributed by atoms with Crippen molar-refractivity contribution in [2.45, 2.75) is 30.0 Å². The van der Waals surface area contributed by atoms with Crippen molar-refractivity contribution in [3.63, 3.8) is 0 Å². The quantitative estimate of drug-likeness (QED) is 0.235. The summed E-state index contributed by atoms with van der Waals surface area (Å²) >= 11 is 1.49.